The molecular formula is C28H28Cl2SiTi-2. The van der Waals surface area contributed by atoms with E-state index in [2.05, 4.69) is 124 Å². The second-order valence-corrected chi connectivity index (χ2v) is 24.2. The Morgan fingerprint density at radius 2 is 1.25 bits per heavy atom. The average molecular weight is 511 g/mol. The molecule has 0 N–H and O–H groups in total. The molecule has 0 saturated carbocycles. The average Bonchev–Trinajstić information content (AvgIpc) is 3.35. The monoisotopic (exact) mass is 510 g/mol. The van der Waals surface area contributed by atoms with Gasteiger partial charge in [0.05, 0.1) is 0 Å². The van der Waals surface area contributed by atoms with Crippen molar-refractivity contribution in [2.45, 2.75) is 26.9 Å². The van der Waals surface area contributed by atoms with Crippen LogP contribution in [-0.4, -0.2) is 6.19 Å². The van der Waals surface area contributed by atoms with Gasteiger partial charge in [0.25, 0.3) is 0 Å². The summed E-state index contributed by atoms with van der Waals surface area (Å²) in [6.45, 7) is 8.58. The van der Waals surface area contributed by atoms with Crippen LogP contribution in [0.2, 0.25) is 13.1 Å². The largest absolute Gasteiger partial charge is 0.165 e. The van der Waals surface area contributed by atoms with Crippen LogP contribution in [0.25, 0.3) is 32.7 Å². The molecule has 0 unspecified atom stereocenters. The van der Waals surface area contributed by atoms with Gasteiger partial charge in [0.15, 0.2) is 0 Å². The maximum absolute atomic E-state index is 5.59. The molecule has 4 heteroatoms. The van der Waals surface area contributed by atoms with Gasteiger partial charge in [-0.25, -0.2) is 0 Å². The molecule has 0 amide bonds. The van der Waals surface area contributed by atoms with E-state index in [4.69, 9.17) is 18.6 Å². The fourth-order valence-corrected chi connectivity index (χ4v) is 3.56. The maximum Gasteiger partial charge on any atom is -0.0279 e. The Labute approximate surface area is 205 Å². The van der Waals surface area contributed by atoms with Crippen LogP contribution in [0.5, 0.6) is 0 Å². The third kappa shape index (κ3) is 6.94. The molecule has 5 aromatic rings. The van der Waals surface area contributed by atoms with Crippen LogP contribution < -0.4 is 0 Å². The Bertz CT molecular complexity index is 1280. The Hall–Kier alpha value is -1.61. The molecule has 0 heterocycles. The number of halogens is 2. The third-order valence-electron chi connectivity index (χ3n) is 5.12. The van der Waals surface area contributed by atoms with Gasteiger partial charge in [-0.15, -0.1) is 75.1 Å². The van der Waals surface area contributed by atoms with Gasteiger partial charge in [0, 0.05) is 0 Å². The Morgan fingerprint density at radius 3 is 1.91 bits per heavy atom. The normalized spacial score (nSPS) is 10.2. The van der Waals surface area contributed by atoms with Crippen LogP contribution in [0, 0.1) is 13.8 Å². The molecule has 0 atom stereocenters. The summed E-state index contributed by atoms with van der Waals surface area (Å²) >= 11 is -1.42. The molecule has 0 aliphatic carbocycles. The predicted molar refractivity (Wildman–Crippen MR) is 143 cm³/mol. The number of hydrogen-bond donors (Lipinski definition) is 0. The van der Waals surface area contributed by atoms with E-state index < -0.39 is 14.5 Å². The summed E-state index contributed by atoms with van der Waals surface area (Å²) < 4.78 is 0. The van der Waals surface area contributed by atoms with Crippen LogP contribution >= 0.6 is 18.6 Å². The standard InChI is InChI=1S/C16H13.C10H9.C2H6Si.2ClH.Ti/c1-12-10-14-8-5-9-15(16(14)11-12)13-6-3-2-4-7-13;1-8-6-9-4-2-3-5-10(9)7-8;1-3-2;;;/h2-11H,1H3;2-7H,1H3;1-2H3;2*1H;/q2*-1;;;;+2/p-2. The van der Waals surface area contributed by atoms with Gasteiger partial charge in [-0.3, -0.25) is 0 Å². The topological polar surface area (TPSA) is 0 Å². The molecule has 0 spiro atoms. The zero-order valence-electron chi connectivity index (χ0n) is 19.0. The number of benzene rings is 3. The van der Waals surface area contributed by atoms with Crippen molar-refractivity contribution in [2.75, 3.05) is 0 Å². The van der Waals surface area contributed by atoms with Crippen molar-refractivity contribution in [3.63, 3.8) is 0 Å². The van der Waals surface area contributed by atoms with E-state index in [0.717, 1.165) is 0 Å². The first-order valence-electron chi connectivity index (χ1n) is 10.7. The van der Waals surface area contributed by atoms with Gasteiger partial charge >= 0.3 is 52.4 Å². The van der Waals surface area contributed by atoms with Crippen LogP contribution in [0.1, 0.15) is 11.1 Å². The van der Waals surface area contributed by atoms with E-state index in [1.807, 2.05) is 0 Å². The first kappa shape index (κ1) is 25.0. The number of fused-ring (bicyclic) bond motifs is 2. The smallest absolute Gasteiger partial charge is 0.0279 e. The fourth-order valence-electron chi connectivity index (χ4n) is 3.56. The van der Waals surface area contributed by atoms with E-state index in [9.17, 15) is 0 Å². The van der Waals surface area contributed by atoms with Crippen LogP contribution in [-0.2, 0) is 14.5 Å². The van der Waals surface area contributed by atoms with Crippen LogP contribution in [0.3, 0.4) is 0 Å². The van der Waals surface area contributed by atoms with Crippen LogP contribution in [0.4, 0.5) is 0 Å². The third-order valence-corrected chi connectivity index (χ3v) is 18.8. The summed E-state index contributed by atoms with van der Waals surface area (Å²) in [5.74, 6) is 0. The van der Waals surface area contributed by atoms with Crippen molar-refractivity contribution >= 4 is 46.3 Å². The van der Waals surface area contributed by atoms with E-state index in [-0.39, 0.29) is 6.19 Å². The Balaban J connectivity index is 0.000000154. The number of rotatable bonds is 1. The van der Waals surface area contributed by atoms with Crippen molar-refractivity contribution < 1.29 is 14.5 Å². The Morgan fingerprint density at radius 1 is 0.688 bits per heavy atom. The van der Waals surface area contributed by atoms with Crippen molar-refractivity contribution in [1.29, 1.82) is 0 Å². The fraction of sp³-hybridized carbons (Fsp3) is 0.143. The first-order chi connectivity index (χ1) is 15.3. The molecule has 0 bridgehead atoms. The van der Waals surface area contributed by atoms with E-state index >= 15 is 0 Å². The summed E-state index contributed by atoms with van der Waals surface area (Å²) in [7, 11) is 11.2. The summed E-state index contributed by atoms with van der Waals surface area (Å²) in [6, 6.07) is 34.4. The zero-order valence-corrected chi connectivity index (χ0v) is 23.1. The molecule has 0 fully saturated rings. The van der Waals surface area contributed by atoms with Crippen LogP contribution in [0.15, 0.2) is 97.1 Å². The molecule has 32 heavy (non-hydrogen) atoms. The van der Waals surface area contributed by atoms with Gasteiger partial charge in [-0.2, -0.15) is 12.1 Å². The van der Waals surface area contributed by atoms with Gasteiger partial charge in [-0.05, 0) is 5.56 Å². The zero-order chi connectivity index (χ0) is 23.1. The summed E-state index contributed by atoms with van der Waals surface area (Å²) in [4.78, 5) is 0. The van der Waals surface area contributed by atoms with E-state index in [0.29, 0.717) is 0 Å². The van der Waals surface area contributed by atoms with Crippen molar-refractivity contribution in [3.05, 3.63) is 108 Å². The van der Waals surface area contributed by atoms with Gasteiger partial charge in [0.1, 0.15) is 0 Å². The predicted octanol–water partition coefficient (Wildman–Crippen LogP) is 9.56. The van der Waals surface area contributed by atoms with E-state index in [1.165, 1.54) is 43.8 Å². The first-order valence-corrected chi connectivity index (χ1v) is 19.8. The minimum absolute atomic E-state index is 0.254. The molecule has 0 aliphatic rings. The quantitative estimate of drug-likeness (QED) is 0.155. The summed E-state index contributed by atoms with van der Waals surface area (Å²) in [5, 5.41) is 5.38. The second kappa shape index (κ2) is 12.0. The molecule has 0 radical (unpaired) electrons. The van der Waals surface area contributed by atoms with Crippen molar-refractivity contribution in [2.24, 2.45) is 0 Å². The molecule has 0 aliphatic heterocycles. The summed E-state index contributed by atoms with van der Waals surface area (Å²) in [5.41, 5.74) is 5.30. The van der Waals surface area contributed by atoms with Crippen molar-refractivity contribution in [3.8, 4) is 11.1 Å². The molecule has 5 rings (SSSR count). The molecule has 5 aromatic carbocycles. The molecule has 164 valence electrons. The molecule has 0 aromatic heterocycles. The SMILES string of the molecule is C[Si](C)=[Ti]([Cl])[Cl].Cc1cc2c(-c3ccccc3)cccc2[cH-]1.Cc1cc2ccccc2[cH-]1. The van der Waals surface area contributed by atoms with Gasteiger partial charge in [0.2, 0.25) is 0 Å². The summed E-state index contributed by atoms with van der Waals surface area (Å²) in [6.07, 6.45) is -0.254. The minimum atomic E-state index is -1.42. The molecular weight excluding hydrogens is 483 g/mol. The number of hydrogen-bond acceptors (Lipinski definition) is 0. The molecule has 0 saturated heterocycles. The second-order valence-electron chi connectivity index (χ2n) is 8.13. The van der Waals surface area contributed by atoms with E-state index in [1.54, 1.807) is 0 Å². The molecule has 0 nitrogen and oxygen atoms in total. The number of aryl methyl sites for hydroxylation is 2. The van der Waals surface area contributed by atoms with Crippen molar-refractivity contribution in [1.82, 2.24) is 0 Å². The maximum atomic E-state index is 5.59. The van der Waals surface area contributed by atoms with Gasteiger partial charge < -0.3 is 0 Å². The minimum Gasteiger partial charge on any atom is -0.165 e. The Kier molecular flexibility index (Phi) is 9.40. The van der Waals surface area contributed by atoms with Gasteiger partial charge in [-0.1, -0.05) is 61.9 Å².